The lowest BCUT2D eigenvalue weighted by Crippen LogP contribution is -2.39. The van der Waals surface area contributed by atoms with E-state index in [9.17, 15) is 19.2 Å². The Morgan fingerprint density at radius 3 is 2.56 bits per heavy atom. The summed E-state index contributed by atoms with van der Waals surface area (Å²) >= 11 is 1.19. The molecule has 1 aromatic rings. The number of hydrogen-bond donors (Lipinski definition) is 1. The van der Waals surface area contributed by atoms with Crippen molar-refractivity contribution in [3.63, 3.8) is 0 Å². The van der Waals surface area contributed by atoms with E-state index >= 15 is 0 Å². The van der Waals surface area contributed by atoms with E-state index in [0.29, 0.717) is 17.7 Å². The highest BCUT2D eigenvalue weighted by Gasteiger charge is 2.52. The summed E-state index contributed by atoms with van der Waals surface area (Å²) in [7, 11) is 1.27. The van der Waals surface area contributed by atoms with E-state index in [1.165, 1.54) is 18.4 Å². The smallest absolute Gasteiger partial charge is 0.357 e. The van der Waals surface area contributed by atoms with Crippen LogP contribution in [0, 0.1) is 5.41 Å². The van der Waals surface area contributed by atoms with E-state index in [0.717, 1.165) is 17.7 Å². The molecular formula is C18H23N3O5S. The lowest BCUT2D eigenvalue weighted by atomic mass is 9.84. The topological polar surface area (TPSA) is 106 Å². The number of nitrogens with one attached hydrogen (secondary N) is 1. The van der Waals surface area contributed by atoms with Gasteiger partial charge in [-0.3, -0.25) is 19.3 Å². The second-order valence-electron chi connectivity index (χ2n) is 7.38. The maximum absolute atomic E-state index is 12.7. The van der Waals surface area contributed by atoms with Crippen molar-refractivity contribution in [2.24, 2.45) is 5.41 Å². The number of carbonyl (C=O) groups is 4. The van der Waals surface area contributed by atoms with Gasteiger partial charge in [0, 0.05) is 11.3 Å². The Labute approximate surface area is 161 Å². The summed E-state index contributed by atoms with van der Waals surface area (Å²) in [5, 5.41) is 2.85. The molecule has 2 heterocycles. The van der Waals surface area contributed by atoms with E-state index in [2.05, 4.69) is 10.3 Å². The number of likely N-dealkylation sites (tertiary alicyclic amines) is 1. The maximum Gasteiger partial charge on any atom is 0.357 e. The van der Waals surface area contributed by atoms with Gasteiger partial charge in [-0.25, -0.2) is 9.78 Å². The fourth-order valence-electron chi connectivity index (χ4n) is 3.78. The molecule has 1 aromatic heterocycles. The SMILES string of the molecule is COC(=O)c1nc(NC(=O)CN2C(=O)CC3(CCCC3)C2=O)sc1C(C)C. The minimum absolute atomic E-state index is 0.0335. The zero-order chi connectivity index (χ0) is 19.8. The largest absolute Gasteiger partial charge is 0.464 e. The van der Waals surface area contributed by atoms with Crippen molar-refractivity contribution in [3.05, 3.63) is 10.6 Å². The van der Waals surface area contributed by atoms with E-state index < -0.39 is 17.3 Å². The number of hydrogen-bond acceptors (Lipinski definition) is 7. The van der Waals surface area contributed by atoms with Crippen LogP contribution >= 0.6 is 11.3 Å². The summed E-state index contributed by atoms with van der Waals surface area (Å²) in [5.41, 5.74) is -0.424. The zero-order valence-electron chi connectivity index (χ0n) is 15.7. The fraction of sp³-hybridized carbons (Fsp3) is 0.611. The summed E-state index contributed by atoms with van der Waals surface area (Å²) in [5.74, 6) is -1.58. The molecule has 1 aliphatic carbocycles. The summed E-state index contributed by atoms with van der Waals surface area (Å²) in [6, 6.07) is 0. The van der Waals surface area contributed by atoms with Crippen LogP contribution in [0.1, 0.15) is 67.2 Å². The lowest BCUT2D eigenvalue weighted by molar-refractivity contribution is -0.143. The van der Waals surface area contributed by atoms with Crippen LogP contribution in [0.2, 0.25) is 0 Å². The Morgan fingerprint density at radius 2 is 1.96 bits per heavy atom. The predicted molar refractivity (Wildman–Crippen MR) is 98.4 cm³/mol. The molecule has 9 heteroatoms. The molecule has 0 aromatic carbocycles. The van der Waals surface area contributed by atoms with Crippen LogP contribution in [0.25, 0.3) is 0 Å². The molecule has 0 unspecified atom stereocenters. The van der Waals surface area contributed by atoms with Crippen LogP contribution in [-0.2, 0) is 19.1 Å². The third kappa shape index (κ3) is 3.60. The van der Waals surface area contributed by atoms with Gasteiger partial charge in [-0.1, -0.05) is 26.7 Å². The normalized spacial score (nSPS) is 18.6. The first-order valence-corrected chi connectivity index (χ1v) is 9.83. The quantitative estimate of drug-likeness (QED) is 0.608. The van der Waals surface area contributed by atoms with Crippen molar-refractivity contribution in [2.75, 3.05) is 19.0 Å². The summed E-state index contributed by atoms with van der Waals surface area (Å²) in [6.07, 6.45) is 3.49. The monoisotopic (exact) mass is 393 g/mol. The number of rotatable bonds is 5. The van der Waals surface area contributed by atoms with Crippen LogP contribution in [0.4, 0.5) is 5.13 Å². The van der Waals surface area contributed by atoms with Gasteiger partial charge >= 0.3 is 5.97 Å². The van der Waals surface area contributed by atoms with Gasteiger partial charge in [-0.05, 0) is 18.8 Å². The lowest BCUT2D eigenvalue weighted by Gasteiger charge is -2.20. The number of aromatic nitrogens is 1. The highest BCUT2D eigenvalue weighted by molar-refractivity contribution is 7.16. The Hall–Kier alpha value is -2.29. The first kappa shape index (κ1) is 19.5. The molecule has 0 bridgehead atoms. The van der Waals surface area contributed by atoms with Gasteiger partial charge in [0.15, 0.2) is 10.8 Å². The van der Waals surface area contributed by atoms with E-state index in [4.69, 9.17) is 4.74 Å². The summed E-state index contributed by atoms with van der Waals surface area (Å²) in [4.78, 5) is 55.1. The highest BCUT2D eigenvalue weighted by Crippen LogP contribution is 2.46. The number of methoxy groups -OCH3 is 1. The fourth-order valence-corrected chi connectivity index (χ4v) is 4.76. The molecule has 1 N–H and O–H groups in total. The summed E-state index contributed by atoms with van der Waals surface area (Å²) < 4.78 is 4.73. The third-order valence-corrected chi connectivity index (χ3v) is 6.43. The van der Waals surface area contributed by atoms with Gasteiger partial charge in [0.25, 0.3) is 0 Å². The molecule has 1 saturated carbocycles. The Kier molecular flexibility index (Phi) is 5.32. The molecule has 1 saturated heterocycles. The Morgan fingerprint density at radius 1 is 1.30 bits per heavy atom. The number of imide groups is 1. The van der Waals surface area contributed by atoms with E-state index in [1.807, 2.05) is 13.8 Å². The molecule has 2 aliphatic rings. The molecule has 0 atom stereocenters. The molecule has 146 valence electrons. The Balaban J connectivity index is 1.70. The average Bonchev–Trinajstić information content (AvgIpc) is 3.30. The minimum atomic E-state index is -0.596. The standard InChI is InChI=1S/C18H23N3O5S/c1-10(2)14-13(15(24)26-3)20-17(27-14)19-11(22)9-21-12(23)8-18(16(21)25)6-4-5-7-18/h10H,4-9H2,1-3H3,(H,19,20,22). The van der Waals surface area contributed by atoms with Crippen LogP contribution in [0.15, 0.2) is 0 Å². The number of amides is 3. The van der Waals surface area contributed by atoms with Gasteiger partial charge in [0.1, 0.15) is 6.54 Å². The van der Waals surface area contributed by atoms with Crippen molar-refractivity contribution in [2.45, 2.75) is 51.9 Å². The molecule has 3 rings (SSSR count). The first-order valence-electron chi connectivity index (χ1n) is 9.01. The number of esters is 1. The minimum Gasteiger partial charge on any atom is -0.464 e. The van der Waals surface area contributed by atoms with Crippen molar-refractivity contribution < 1.29 is 23.9 Å². The molecule has 0 radical (unpaired) electrons. The van der Waals surface area contributed by atoms with Crippen LogP contribution < -0.4 is 5.32 Å². The Bertz CT molecular complexity index is 795. The van der Waals surface area contributed by atoms with Gasteiger partial charge in [0.2, 0.25) is 17.7 Å². The van der Waals surface area contributed by atoms with Crippen LogP contribution in [-0.4, -0.2) is 47.2 Å². The second-order valence-corrected chi connectivity index (χ2v) is 8.41. The molecule has 1 spiro atoms. The van der Waals surface area contributed by atoms with E-state index in [-0.39, 0.29) is 41.5 Å². The number of ether oxygens (including phenoxy) is 1. The van der Waals surface area contributed by atoms with Gasteiger partial charge in [-0.15, -0.1) is 11.3 Å². The summed E-state index contributed by atoms with van der Waals surface area (Å²) in [6.45, 7) is 3.49. The number of nitrogens with zero attached hydrogens (tertiary/aromatic N) is 2. The molecule has 1 aliphatic heterocycles. The average molecular weight is 393 g/mol. The van der Waals surface area contributed by atoms with Crippen LogP contribution in [0.3, 0.4) is 0 Å². The van der Waals surface area contributed by atoms with Crippen molar-refractivity contribution in [3.8, 4) is 0 Å². The first-order chi connectivity index (χ1) is 12.8. The maximum atomic E-state index is 12.7. The van der Waals surface area contributed by atoms with E-state index in [1.54, 1.807) is 0 Å². The molecule has 2 fully saturated rings. The van der Waals surface area contributed by atoms with Gasteiger partial charge in [-0.2, -0.15) is 0 Å². The van der Waals surface area contributed by atoms with Crippen LogP contribution in [0.5, 0.6) is 0 Å². The van der Waals surface area contributed by atoms with Crippen molar-refractivity contribution in [1.29, 1.82) is 0 Å². The molecular weight excluding hydrogens is 370 g/mol. The third-order valence-electron chi connectivity index (χ3n) is 5.15. The molecule has 27 heavy (non-hydrogen) atoms. The number of thiazole rings is 1. The predicted octanol–water partition coefficient (Wildman–Crippen LogP) is 2.31. The highest BCUT2D eigenvalue weighted by atomic mass is 32.1. The van der Waals surface area contributed by atoms with Gasteiger partial charge in [0.05, 0.1) is 12.5 Å². The van der Waals surface area contributed by atoms with Crippen molar-refractivity contribution in [1.82, 2.24) is 9.88 Å². The van der Waals surface area contributed by atoms with Crippen molar-refractivity contribution >= 4 is 40.2 Å². The number of anilines is 1. The molecule has 3 amide bonds. The molecule has 8 nitrogen and oxygen atoms in total. The van der Waals surface area contributed by atoms with Gasteiger partial charge < -0.3 is 10.1 Å². The second kappa shape index (κ2) is 7.38. The number of carbonyl (C=O) groups excluding carboxylic acids is 4. The zero-order valence-corrected chi connectivity index (χ0v) is 16.5.